The van der Waals surface area contributed by atoms with Gasteiger partial charge in [-0.15, -0.1) is 0 Å². The molecule has 0 N–H and O–H groups in total. The molecular formula is C18H28N2O4S. The summed E-state index contributed by atoms with van der Waals surface area (Å²) >= 11 is 0. The molecule has 1 saturated heterocycles. The highest BCUT2D eigenvalue weighted by molar-refractivity contribution is 7.89. The SMILES string of the molecule is CCOC1CCCN(C(=O)c2ccc(S(=O)(=O)N(C)C(C)C)cc2)C1. The molecule has 0 bridgehead atoms. The van der Waals surface area contributed by atoms with Crippen LogP contribution in [0.4, 0.5) is 0 Å². The molecule has 1 aromatic rings. The van der Waals surface area contributed by atoms with Gasteiger partial charge in [0.25, 0.3) is 5.91 Å². The zero-order valence-electron chi connectivity index (χ0n) is 15.4. The molecule has 0 radical (unpaired) electrons. The number of sulfonamides is 1. The largest absolute Gasteiger partial charge is 0.377 e. The predicted octanol–water partition coefficient (Wildman–Crippen LogP) is 2.36. The van der Waals surface area contributed by atoms with Crippen LogP contribution in [0.15, 0.2) is 29.2 Å². The summed E-state index contributed by atoms with van der Waals surface area (Å²) < 4.78 is 31.9. The van der Waals surface area contributed by atoms with Crippen molar-refractivity contribution in [2.24, 2.45) is 0 Å². The van der Waals surface area contributed by atoms with E-state index in [1.807, 2.05) is 20.8 Å². The van der Waals surface area contributed by atoms with Gasteiger partial charge in [0.1, 0.15) is 0 Å². The maximum absolute atomic E-state index is 12.7. The molecule has 1 aromatic carbocycles. The van der Waals surface area contributed by atoms with Crippen LogP contribution in [0.3, 0.4) is 0 Å². The van der Waals surface area contributed by atoms with Gasteiger partial charge in [-0.2, -0.15) is 4.31 Å². The quantitative estimate of drug-likeness (QED) is 0.773. The Morgan fingerprint density at radius 1 is 1.32 bits per heavy atom. The number of amides is 1. The Morgan fingerprint density at radius 2 is 1.96 bits per heavy atom. The molecule has 2 rings (SSSR count). The van der Waals surface area contributed by atoms with Crippen molar-refractivity contribution in [3.8, 4) is 0 Å². The van der Waals surface area contributed by atoms with Crippen LogP contribution in [0.2, 0.25) is 0 Å². The van der Waals surface area contributed by atoms with Crippen LogP contribution in [-0.2, 0) is 14.8 Å². The van der Waals surface area contributed by atoms with E-state index in [1.165, 1.54) is 16.4 Å². The Balaban J connectivity index is 2.13. The molecule has 1 heterocycles. The first kappa shape index (κ1) is 19.9. The van der Waals surface area contributed by atoms with Crippen LogP contribution in [0.25, 0.3) is 0 Å². The molecule has 7 heteroatoms. The van der Waals surface area contributed by atoms with E-state index < -0.39 is 10.0 Å². The highest BCUT2D eigenvalue weighted by atomic mass is 32.2. The molecule has 6 nitrogen and oxygen atoms in total. The summed E-state index contributed by atoms with van der Waals surface area (Å²) in [5.74, 6) is -0.0782. The lowest BCUT2D eigenvalue weighted by Crippen LogP contribution is -2.43. The van der Waals surface area contributed by atoms with E-state index in [9.17, 15) is 13.2 Å². The van der Waals surface area contributed by atoms with Crippen molar-refractivity contribution in [3.63, 3.8) is 0 Å². The molecule has 0 aliphatic carbocycles. The number of likely N-dealkylation sites (tertiary alicyclic amines) is 1. The molecule has 1 atom stereocenters. The Bertz CT molecular complexity index is 684. The Hall–Kier alpha value is -1.44. The molecule has 1 aliphatic heterocycles. The number of benzene rings is 1. The smallest absolute Gasteiger partial charge is 0.253 e. The number of ether oxygens (including phenoxy) is 1. The van der Waals surface area contributed by atoms with Crippen LogP contribution < -0.4 is 0 Å². The summed E-state index contributed by atoms with van der Waals surface area (Å²) in [6.45, 7) is 7.53. The maximum atomic E-state index is 12.7. The number of carbonyl (C=O) groups excluding carboxylic acids is 1. The summed E-state index contributed by atoms with van der Waals surface area (Å²) in [4.78, 5) is 14.6. The predicted molar refractivity (Wildman–Crippen MR) is 97.1 cm³/mol. The number of carbonyl (C=O) groups is 1. The Labute approximate surface area is 150 Å². The minimum atomic E-state index is -3.53. The van der Waals surface area contributed by atoms with Crippen molar-refractivity contribution in [2.45, 2.75) is 50.7 Å². The molecule has 1 amide bonds. The first-order valence-corrected chi connectivity index (χ1v) is 10.2. The average Bonchev–Trinajstić information content (AvgIpc) is 2.61. The van der Waals surface area contributed by atoms with Crippen LogP contribution in [0, 0.1) is 0 Å². The van der Waals surface area contributed by atoms with Crippen molar-refractivity contribution in [3.05, 3.63) is 29.8 Å². The summed E-state index contributed by atoms with van der Waals surface area (Å²) in [7, 11) is -1.98. The zero-order valence-corrected chi connectivity index (χ0v) is 16.3. The van der Waals surface area contributed by atoms with E-state index in [0.29, 0.717) is 25.3 Å². The first-order chi connectivity index (χ1) is 11.8. The molecule has 25 heavy (non-hydrogen) atoms. The summed E-state index contributed by atoms with van der Waals surface area (Å²) in [6, 6.07) is 6.06. The van der Waals surface area contributed by atoms with E-state index in [-0.39, 0.29) is 22.9 Å². The van der Waals surface area contributed by atoms with Gasteiger partial charge in [0.05, 0.1) is 11.0 Å². The minimum absolute atomic E-state index is 0.0782. The molecule has 1 unspecified atom stereocenters. The monoisotopic (exact) mass is 368 g/mol. The van der Waals surface area contributed by atoms with Gasteiger partial charge in [-0.25, -0.2) is 8.42 Å². The standard InChI is InChI=1S/C18H28N2O4S/c1-5-24-16-7-6-12-20(13-16)18(21)15-8-10-17(11-9-15)25(22,23)19(4)14(2)3/h8-11,14,16H,5-7,12-13H2,1-4H3. The molecular weight excluding hydrogens is 340 g/mol. The van der Waals surface area contributed by atoms with Crippen LogP contribution >= 0.6 is 0 Å². The van der Waals surface area contributed by atoms with E-state index in [4.69, 9.17) is 4.74 Å². The van der Waals surface area contributed by atoms with Gasteiger partial charge < -0.3 is 9.64 Å². The lowest BCUT2D eigenvalue weighted by Gasteiger charge is -2.32. The lowest BCUT2D eigenvalue weighted by molar-refractivity contribution is 0.00724. The molecule has 1 fully saturated rings. The second-order valence-corrected chi connectivity index (χ2v) is 8.61. The summed E-state index contributed by atoms with van der Waals surface area (Å²) in [6.07, 6.45) is 1.97. The number of hydrogen-bond donors (Lipinski definition) is 0. The summed E-state index contributed by atoms with van der Waals surface area (Å²) in [5, 5.41) is 0. The third kappa shape index (κ3) is 4.59. The zero-order chi connectivity index (χ0) is 18.6. The van der Waals surface area contributed by atoms with Crippen molar-refractivity contribution in [2.75, 3.05) is 26.7 Å². The van der Waals surface area contributed by atoms with Gasteiger partial charge in [0.15, 0.2) is 0 Å². The van der Waals surface area contributed by atoms with Crippen molar-refractivity contribution in [1.82, 2.24) is 9.21 Å². The van der Waals surface area contributed by atoms with Gasteiger partial charge in [-0.1, -0.05) is 0 Å². The fourth-order valence-electron chi connectivity index (χ4n) is 2.89. The average molecular weight is 368 g/mol. The van der Waals surface area contributed by atoms with Crippen molar-refractivity contribution in [1.29, 1.82) is 0 Å². The van der Waals surface area contributed by atoms with Crippen LogP contribution in [0.1, 0.15) is 44.0 Å². The second kappa shape index (κ2) is 8.29. The van der Waals surface area contributed by atoms with E-state index in [1.54, 1.807) is 24.1 Å². The summed E-state index contributed by atoms with van der Waals surface area (Å²) in [5.41, 5.74) is 0.503. The van der Waals surface area contributed by atoms with E-state index >= 15 is 0 Å². The first-order valence-electron chi connectivity index (χ1n) is 8.76. The van der Waals surface area contributed by atoms with Gasteiger partial charge in [-0.05, 0) is 57.9 Å². The van der Waals surface area contributed by atoms with E-state index in [2.05, 4.69) is 0 Å². The van der Waals surface area contributed by atoms with Crippen molar-refractivity contribution >= 4 is 15.9 Å². The molecule has 0 aromatic heterocycles. The molecule has 0 spiro atoms. The highest BCUT2D eigenvalue weighted by Crippen LogP contribution is 2.20. The van der Waals surface area contributed by atoms with Gasteiger partial charge in [-0.3, -0.25) is 4.79 Å². The normalized spacial score (nSPS) is 18.8. The van der Waals surface area contributed by atoms with Gasteiger partial charge >= 0.3 is 0 Å². The fourth-order valence-corrected chi connectivity index (χ4v) is 4.26. The topological polar surface area (TPSA) is 66.9 Å². The van der Waals surface area contributed by atoms with Gasteiger partial charge in [0.2, 0.25) is 10.0 Å². The highest BCUT2D eigenvalue weighted by Gasteiger charge is 2.26. The number of rotatable bonds is 6. The molecule has 1 aliphatic rings. The molecule has 0 saturated carbocycles. The third-order valence-electron chi connectivity index (χ3n) is 4.57. The van der Waals surface area contributed by atoms with Crippen LogP contribution in [-0.4, -0.2) is 62.4 Å². The number of nitrogens with zero attached hydrogens (tertiary/aromatic N) is 2. The third-order valence-corrected chi connectivity index (χ3v) is 6.62. The second-order valence-electron chi connectivity index (χ2n) is 6.61. The Morgan fingerprint density at radius 3 is 2.52 bits per heavy atom. The van der Waals surface area contributed by atoms with E-state index in [0.717, 1.165) is 12.8 Å². The minimum Gasteiger partial charge on any atom is -0.377 e. The van der Waals surface area contributed by atoms with Gasteiger partial charge in [0, 0.05) is 38.3 Å². The number of hydrogen-bond acceptors (Lipinski definition) is 4. The lowest BCUT2D eigenvalue weighted by atomic mass is 10.1. The number of piperidine rings is 1. The Kier molecular flexibility index (Phi) is 6.59. The molecule has 140 valence electrons. The van der Waals surface area contributed by atoms with Crippen LogP contribution in [0.5, 0.6) is 0 Å². The van der Waals surface area contributed by atoms with Crippen molar-refractivity contribution < 1.29 is 17.9 Å². The maximum Gasteiger partial charge on any atom is 0.253 e. The fraction of sp³-hybridized carbons (Fsp3) is 0.611.